The third-order valence-corrected chi connectivity index (χ3v) is 6.23. The van der Waals surface area contributed by atoms with Crippen LogP contribution in [0.1, 0.15) is 31.7 Å². The Bertz CT molecular complexity index is 1230. The van der Waals surface area contributed by atoms with Crippen molar-refractivity contribution < 1.29 is 13.9 Å². The van der Waals surface area contributed by atoms with Crippen LogP contribution in [0, 0.1) is 0 Å². The molecule has 0 radical (unpaired) electrons. The topological polar surface area (TPSA) is 107 Å². The van der Waals surface area contributed by atoms with Gasteiger partial charge in [0.1, 0.15) is 5.52 Å². The Morgan fingerprint density at radius 3 is 2.82 bits per heavy atom. The van der Waals surface area contributed by atoms with Crippen molar-refractivity contribution in [2.45, 2.75) is 32.2 Å². The average Bonchev–Trinajstić information content (AvgIpc) is 3.29. The van der Waals surface area contributed by atoms with E-state index in [-0.39, 0.29) is 11.9 Å². The molecule has 1 amide bonds. The summed E-state index contributed by atoms with van der Waals surface area (Å²) in [4.78, 5) is 27.8. The van der Waals surface area contributed by atoms with Crippen molar-refractivity contribution in [3.05, 3.63) is 53.9 Å². The monoisotopic (exact) mass is 445 g/mol. The largest absolute Gasteiger partial charge is 0.435 e. The fourth-order valence-electron chi connectivity index (χ4n) is 4.38. The van der Waals surface area contributed by atoms with Gasteiger partial charge in [-0.1, -0.05) is 6.07 Å². The number of aromatic nitrogens is 2. The number of carbonyl (C=O) groups excluding carboxylic acids is 1. The molecular weight excluding hydrogens is 418 g/mol. The van der Waals surface area contributed by atoms with Gasteiger partial charge in [0, 0.05) is 74.6 Å². The summed E-state index contributed by atoms with van der Waals surface area (Å²) in [6, 6.07) is 9.73. The van der Waals surface area contributed by atoms with Crippen molar-refractivity contribution in [3.8, 4) is 11.5 Å². The van der Waals surface area contributed by atoms with E-state index in [0.29, 0.717) is 36.7 Å². The smallest absolute Gasteiger partial charge is 0.228 e. The summed E-state index contributed by atoms with van der Waals surface area (Å²) in [6.45, 7) is 4.12. The van der Waals surface area contributed by atoms with Crippen molar-refractivity contribution in [2.75, 3.05) is 26.3 Å². The van der Waals surface area contributed by atoms with Gasteiger partial charge >= 0.3 is 0 Å². The standard InChI is InChI=1S/C25H27N5O3/c1-16(31)30-11-7-21(28-18-8-12-32-13-9-18)20(15-30)23(26)19-5-2-6-22-24(19)33-25(29-22)17-4-3-10-27-14-17/h2-6,10,14,18H,7-9,11-13,15,26H2,1H3. The van der Waals surface area contributed by atoms with Crippen molar-refractivity contribution in [1.29, 1.82) is 0 Å². The lowest BCUT2D eigenvalue weighted by atomic mass is 9.95. The van der Waals surface area contributed by atoms with Gasteiger partial charge in [-0.05, 0) is 37.1 Å². The number of hydrogen-bond donors (Lipinski definition) is 1. The van der Waals surface area contributed by atoms with E-state index in [1.54, 1.807) is 19.3 Å². The molecule has 0 saturated carbocycles. The molecule has 2 fully saturated rings. The fourth-order valence-corrected chi connectivity index (χ4v) is 4.38. The molecule has 8 heteroatoms. The van der Waals surface area contributed by atoms with Crippen LogP contribution in [0.25, 0.3) is 28.3 Å². The maximum absolute atomic E-state index is 12.1. The molecule has 0 aliphatic carbocycles. The second kappa shape index (κ2) is 9.15. The van der Waals surface area contributed by atoms with Crippen molar-refractivity contribution in [3.63, 3.8) is 0 Å². The molecule has 2 aliphatic rings. The van der Waals surface area contributed by atoms with Gasteiger partial charge in [-0.2, -0.15) is 0 Å². The highest BCUT2D eigenvalue weighted by Crippen LogP contribution is 2.31. The van der Waals surface area contributed by atoms with Crippen LogP contribution in [0.4, 0.5) is 0 Å². The summed E-state index contributed by atoms with van der Waals surface area (Å²) in [7, 11) is 0. The van der Waals surface area contributed by atoms with Crippen LogP contribution in [0.15, 0.2) is 57.7 Å². The van der Waals surface area contributed by atoms with Crippen LogP contribution in [0.2, 0.25) is 0 Å². The average molecular weight is 446 g/mol. The first-order chi connectivity index (χ1) is 16.1. The van der Waals surface area contributed by atoms with Gasteiger partial charge in [-0.25, -0.2) is 4.98 Å². The molecule has 0 atom stereocenters. The molecule has 0 spiro atoms. The number of fused-ring (bicyclic) bond motifs is 1. The van der Waals surface area contributed by atoms with Gasteiger partial charge in [0.25, 0.3) is 0 Å². The number of amides is 1. The summed E-state index contributed by atoms with van der Waals surface area (Å²) in [5.41, 5.74) is 12.1. The molecule has 0 bridgehead atoms. The maximum atomic E-state index is 12.1. The molecule has 2 aromatic heterocycles. The predicted molar refractivity (Wildman–Crippen MR) is 126 cm³/mol. The van der Waals surface area contributed by atoms with Gasteiger partial charge in [-0.15, -0.1) is 0 Å². The summed E-state index contributed by atoms with van der Waals surface area (Å²) in [5, 5.41) is 0. The number of rotatable bonds is 3. The molecule has 1 aromatic carbocycles. The highest BCUT2D eigenvalue weighted by Gasteiger charge is 2.27. The van der Waals surface area contributed by atoms with Gasteiger partial charge in [0.15, 0.2) is 5.58 Å². The molecule has 5 rings (SSSR count). The predicted octanol–water partition coefficient (Wildman–Crippen LogP) is 3.43. The number of carbonyl (C=O) groups is 1. The van der Waals surface area contributed by atoms with E-state index >= 15 is 0 Å². The van der Waals surface area contributed by atoms with Crippen LogP contribution in [-0.4, -0.2) is 58.8 Å². The number of oxazole rings is 1. The fraction of sp³-hybridized carbons (Fsp3) is 0.360. The normalized spacial score (nSPS) is 20.4. The number of aliphatic imine (C=N–C) groups is 1. The van der Waals surface area contributed by atoms with Crippen molar-refractivity contribution >= 4 is 28.4 Å². The maximum Gasteiger partial charge on any atom is 0.228 e. The van der Waals surface area contributed by atoms with E-state index in [2.05, 4.69) is 9.97 Å². The number of para-hydroxylation sites is 1. The summed E-state index contributed by atoms with van der Waals surface area (Å²) < 4.78 is 11.6. The zero-order chi connectivity index (χ0) is 22.8. The van der Waals surface area contributed by atoms with Crippen LogP contribution in [0.5, 0.6) is 0 Å². The molecule has 3 aromatic rings. The highest BCUT2D eigenvalue weighted by atomic mass is 16.5. The minimum atomic E-state index is 0.0298. The number of nitrogens with two attached hydrogens (primary N) is 1. The molecule has 33 heavy (non-hydrogen) atoms. The molecule has 170 valence electrons. The van der Waals surface area contributed by atoms with Crippen LogP contribution >= 0.6 is 0 Å². The Morgan fingerprint density at radius 1 is 1.21 bits per heavy atom. The molecule has 0 unspecified atom stereocenters. The van der Waals surface area contributed by atoms with E-state index in [1.165, 1.54) is 0 Å². The lowest BCUT2D eigenvalue weighted by molar-refractivity contribution is -0.128. The van der Waals surface area contributed by atoms with Crippen molar-refractivity contribution in [2.24, 2.45) is 10.7 Å². The Morgan fingerprint density at radius 2 is 2.06 bits per heavy atom. The summed E-state index contributed by atoms with van der Waals surface area (Å²) in [6.07, 6.45) is 5.92. The molecule has 2 saturated heterocycles. The van der Waals surface area contributed by atoms with Gasteiger partial charge in [-0.3, -0.25) is 14.8 Å². The number of piperidine rings is 1. The molecule has 4 heterocycles. The Balaban J connectivity index is 1.59. The number of benzene rings is 1. The summed E-state index contributed by atoms with van der Waals surface area (Å²) in [5.74, 6) is 0.524. The zero-order valence-electron chi connectivity index (χ0n) is 18.7. The first-order valence-electron chi connectivity index (χ1n) is 11.3. The summed E-state index contributed by atoms with van der Waals surface area (Å²) >= 11 is 0. The number of pyridine rings is 1. The SMILES string of the molecule is CC(=O)N1CCC(=NC2CCOCC2)C(=C(N)c2cccc3nc(-c4cccnc4)oc23)C1. The van der Waals surface area contributed by atoms with Crippen molar-refractivity contribution in [1.82, 2.24) is 14.9 Å². The van der Waals surface area contributed by atoms with Crippen LogP contribution in [-0.2, 0) is 9.53 Å². The van der Waals surface area contributed by atoms with E-state index in [1.807, 2.05) is 35.2 Å². The van der Waals surface area contributed by atoms with Gasteiger partial charge in [0.2, 0.25) is 11.8 Å². The molecule has 2 aliphatic heterocycles. The highest BCUT2D eigenvalue weighted by molar-refractivity contribution is 6.09. The van der Waals surface area contributed by atoms with E-state index in [0.717, 1.165) is 54.0 Å². The number of hydrogen-bond acceptors (Lipinski definition) is 7. The molecule has 8 nitrogen and oxygen atoms in total. The number of ether oxygens (including phenoxy) is 1. The number of nitrogens with zero attached hydrogens (tertiary/aromatic N) is 4. The zero-order valence-corrected chi connectivity index (χ0v) is 18.7. The minimum Gasteiger partial charge on any atom is -0.435 e. The van der Waals surface area contributed by atoms with E-state index in [4.69, 9.17) is 19.9 Å². The lowest BCUT2D eigenvalue weighted by Crippen LogP contribution is -2.40. The third kappa shape index (κ3) is 4.39. The Kier molecular flexibility index (Phi) is 5.92. The molecule has 2 N–H and O–H groups in total. The second-order valence-corrected chi connectivity index (χ2v) is 8.42. The molecular formula is C25H27N5O3. The quantitative estimate of drug-likeness (QED) is 0.662. The van der Waals surface area contributed by atoms with Crippen LogP contribution < -0.4 is 5.73 Å². The Labute approximate surface area is 192 Å². The van der Waals surface area contributed by atoms with Gasteiger partial charge < -0.3 is 19.8 Å². The van der Waals surface area contributed by atoms with Gasteiger partial charge in [0.05, 0.1) is 11.6 Å². The van der Waals surface area contributed by atoms with E-state index < -0.39 is 0 Å². The third-order valence-electron chi connectivity index (χ3n) is 6.23. The minimum absolute atomic E-state index is 0.0298. The second-order valence-electron chi connectivity index (χ2n) is 8.42. The lowest BCUT2D eigenvalue weighted by Gasteiger charge is -2.31. The van der Waals surface area contributed by atoms with Crippen LogP contribution in [0.3, 0.4) is 0 Å². The first kappa shape index (κ1) is 21.3. The van der Waals surface area contributed by atoms with E-state index in [9.17, 15) is 4.79 Å². The Hall–Kier alpha value is -3.52. The number of likely N-dealkylation sites (tertiary alicyclic amines) is 1. The first-order valence-corrected chi connectivity index (χ1v) is 11.3.